The standard InChI is InChI=1S/C16H30N2O2/c1-16(2,3)20-15(19)18-9-7-14(8-10-18)12-17-11-13-5-4-6-13/h13-14,17H,4-12H2,1-3H3. The molecule has 2 fully saturated rings. The number of rotatable bonds is 4. The van der Waals surface area contributed by atoms with Crippen LogP contribution in [0.3, 0.4) is 0 Å². The van der Waals surface area contributed by atoms with Crippen LogP contribution in [0.4, 0.5) is 4.79 Å². The van der Waals surface area contributed by atoms with Crippen LogP contribution >= 0.6 is 0 Å². The Bertz CT molecular complexity index is 313. The first-order valence-corrected chi connectivity index (χ1v) is 8.13. The highest BCUT2D eigenvalue weighted by molar-refractivity contribution is 5.68. The first-order valence-electron chi connectivity index (χ1n) is 8.13. The molecule has 20 heavy (non-hydrogen) atoms. The summed E-state index contributed by atoms with van der Waals surface area (Å²) in [6.07, 6.45) is 6.26. The molecule has 0 aromatic carbocycles. The Morgan fingerprint density at radius 2 is 1.65 bits per heavy atom. The summed E-state index contributed by atoms with van der Waals surface area (Å²) in [6, 6.07) is 0. The maximum absolute atomic E-state index is 12.0. The van der Waals surface area contributed by atoms with Crippen LogP contribution in [0.15, 0.2) is 0 Å². The van der Waals surface area contributed by atoms with Crippen LogP contribution in [-0.2, 0) is 4.74 Å². The largest absolute Gasteiger partial charge is 0.444 e. The molecular formula is C16H30N2O2. The van der Waals surface area contributed by atoms with Gasteiger partial charge in [-0.25, -0.2) is 4.79 Å². The van der Waals surface area contributed by atoms with Crippen molar-refractivity contribution in [3.63, 3.8) is 0 Å². The number of ether oxygens (including phenoxy) is 1. The van der Waals surface area contributed by atoms with Crippen LogP contribution in [0.1, 0.15) is 52.9 Å². The first kappa shape index (κ1) is 15.6. The Morgan fingerprint density at radius 3 is 2.10 bits per heavy atom. The second-order valence-corrected chi connectivity index (χ2v) is 7.37. The average Bonchev–Trinajstić information content (AvgIpc) is 2.31. The third-order valence-corrected chi connectivity index (χ3v) is 4.36. The van der Waals surface area contributed by atoms with Crippen molar-refractivity contribution in [2.45, 2.75) is 58.5 Å². The minimum atomic E-state index is -0.391. The molecule has 2 aliphatic rings. The van der Waals surface area contributed by atoms with Crippen LogP contribution in [0, 0.1) is 11.8 Å². The molecule has 2 rings (SSSR count). The molecule has 0 aromatic rings. The molecule has 1 aliphatic heterocycles. The van der Waals surface area contributed by atoms with Gasteiger partial charge >= 0.3 is 6.09 Å². The zero-order valence-corrected chi connectivity index (χ0v) is 13.3. The Balaban J connectivity index is 1.60. The number of carbonyl (C=O) groups is 1. The molecule has 0 unspecified atom stereocenters. The van der Waals surface area contributed by atoms with E-state index in [4.69, 9.17) is 4.74 Å². The Morgan fingerprint density at radius 1 is 1.10 bits per heavy atom. The summed E-state index contributed by atoms with van der Waals surface area (Å²) in [5.41, 5.74) is -0.391. The van der Waals surface area contributed by atoms with Crippen LogP contribution in [0.25, 0.3) is 0 Å². The van der Waals surface area contributed by atoms with Gasteiger partial charge in [-0.2, -0.15) is 0 Å². The summed E-state index contributed by atoms with van der Waals surface area (Å²) in [5, 5.41) is 3.60. The van der Waals surface area contributed by atoms with Crippen LogP contribution < -0.4 is 5.32 Å². The van der Waals surface area contributed by atoms with Gasteiger partial charge in [0.2, 0.25) is 0 Å². The molecule has 1 N–H and O–H groups in total. The lowest BCUT2D eigenvalue weighted by Crippen LogP contribution is -2.43. The average molecular weight is 282 g/mol. The summed E-state index contributed by atoms with van der Waals surface area (Å²) in [5.74, 6) is 1.64. The number of nitrogens with one attached hydrogen (secondary N) is 1. The summed E-state index contributed by atoms with van der Waals surface area (Å²) < 4.78 is 5.42. The van der Waals surface area contributed by atoms with Gasteiger partial charge in [0.25, 0.3) is 0 Å². The van der Waals surface area contributed by atoms with E-state index in [2.05, 4.69) is 5.32 Å². The molecule has 4 nitrogen and oxygen atoms in total. The normalized spacial score (nSPS) is 21.6. The van der Waals surface area contributed by atoms with Crippen molar-refractivity contribution < 1.29 is 9.53 Å². The van der Waals surface area contributed by atoms with E-state index in [0.29, 0.717) is 5.92 Å². The van der Waals surface area contributed by atoms with Gasteiger partial charge in [-0.3, -0.25) is 0 Å². The van der Waals surface area contributed by atoms with E-state index >= 15 is 0 Å². The van der Waals surface area contributed by atoms with Gasteiger partial charge in [-0.05, 0) is 71.4 Å². The number of likely N-dealkylation sites (tertiary alicyclic amines) is 1. The quantitative estimate of drug-likeness (QED) is 0.862. The van der Waals surface area contributed by atoms with Crippen LogP contribution in [0.5, 0.6) is 0 Å². The van der Waals surface area contributed by atoms with Gasteiger partial charge in [0.1, 0.15) is 5.60 Å². The van der Waals surface area contributed by atoms with Gasteiger partial charge in [0.15, 0.2) is 0 Å². The number of piperidine rings is 1. The summed E-state index contributed by atoms with van der Waals surface area (Å²) >= 11 is 0. The monoisotopic (exact) mass is 282 g/mol. The van der Waals surface area contributed by atoms with E-state index in [1.54, 1.807) is 0 Å². The lowest BCUT2D eigenvalue weighted by molar-refractivity contribution is 0.0183. The van der Waals surface area contributed by atoms with Crippen molar-refractivity contribution >= 4 is 6.09 Å². The predicted octanol–water partition coefficient (Wildman–Crippen LogP) is 3.02. The van der Waals surface area contributed by atoms with E-state index < -0.39 is 5.60 Å². The highest BCUT2D eigenvalue weighted by atomic mass is 16.6. The fourth-order valence-electron chi connectivity index (χ4n) is 2.83. The molecule has 0 atom stereocenters. The maximum atomic E-state index is 12.0. The van der Waals surface area contributed by atoms with E-state index in [1.165, 1.54) is 25.8 Å². The molecule has 116 valence electrons. The molecule has 1 saturated carbocycles. The first-order chi connectivity index (χ1) is 9.44. The third-order valence-electron chi connectivity index (χ3n) is 4.36. The highest BCUT2D eigenvalue weighted by Gasteiger charge is 2.26. The van der Waals surface area contributed by atoms with Crippen molar-refractivity contribution in [2.75, 3.05) is 26.2 Å². The predicted molar refractivity (Wildman–Crippen MR) is 80.7 cm³/mol. The van der Waals surface area contributed by atoms with E-state index in [9.17, 15) is 4.79 Å². The molecule has 0 radical (unpaired) electrons. The lowest BCUT2D eigenvalue weighted by Gasteiger charge is -2.34. The number of nitrogens with zero attached hydrogens (tertiary/aromatic N) is 1. The molecular weight excluding hydrogens is 252 g/mol. The molecule has 0 spiro atoms. The fourth-order valence-corrected chi connectivity index (χ4v) is 2.83. The minimum absolute atomic E-state index is 0.154. The summed E-state index contributed by atoms with van der Waals surface area (Å²) in [6.45, 7) is 9.73. The van der Waals surface area contributed by atoms with E-state index in [0.717, 1.165) is 38.4 Å². The van der Waals surface area contributed by atoms with Gasteiger partial charge in [-0.1, -0.05) is 6.42 Å². The minimum Gasteiger partial charge on any atom is -0.444 e. The molecule has 1 amide bonds. The van der Waals surface area contributed by atoms with Crippen molar-refractivity contribution in [2.24, 2.45) is 11.8 Å². The van der Waals surface area contributed by atoms with Gasteiger partial charge in [0.05, 0.1) is 0 Å². The van der Waals surface area contributed by atoms with Gasteiger partial charge in [-0.15, -0.1) is 0 Å². The van der Waals surface area contributed by atoms with Gasteiger partial charge < -0.3 is 15.0 Å². The van der Waals surface area contributed by atoms with Crippen molar-refractivity contribution in [1.82, 2.24) is 10.2 Å². The van der Waals surface area contributed by atoms with Crippen LogP contribution in [0.2, 0.25) is 0 Å². The maximum Gasteiger partial charge on any atom is 0.410 e. The van der Waals surface area contributed by atoms with Crippen molar-refractivity contribution in [3.8, 4) is 0 Å². The second kappa shape index (κ2) is 6.79. The molecule has 0 aromatic heterocycles. The van der Waals surface area contributed by atoms with E-state index in [1.807, 2.05) is 25.7 Å². The van der Waals surface area contributed by atoms with E-state index in [-0.39, 0.29) is 6.09 Å². The van der Waals surface area contributed by atoms with Crippen molar-refractivity contribution in [3.05, 3.63) is 0 Å². The summed E-state index contributed by atoms with van der Waals surface area (Å²) in [4.78, 5) is 13.8. The molecule has 4 heteroatoms. The Labute approximate surface area is 123 Å². The molecule has 1 saturated heterocycles. The summed E-state index contributed by atoms with van der Waals surface area (Å²) in [7, 11) is 0. The SMILES string of the molecule is CC(C)(C)OC(=O)N1CCC(CNCC2CCC2)CC1. The Kier molecular flexibility index (Phi) is 5.30. The highest BCUT2D eigenvalue weighted by Crippen LogP contribution is 2.25. The number of carbonyl (C=O) groups excluding carboxylic acids is 1. The molecule has 1 aliphatic carbocycles. The topological polar surface area (TPSA) is 41.6 Å². The smallest absolute Gasteiger partial charge is 0.410 e. The number of hydrogen-bond acceptors (Lipinski definition) is 3. The van der Waals surface area contributed by atoms with Crippen LogP contribution in [-0.4, -0.2) is 42.8 Å². The second-order valence-electron chi connectivity index (χ2n) is 7.37. The zero-order valence-electron chi connectivity index (χ0n) is 13.3. The molecule has 1 heterocycles. The Hall–Kier alpha value is -0.770. The zero-order chi connectivity index (χ0) is 14.6. The molecule has 0 bridgehead atoms. The fraction of sp³-hybridized carbons (Fsp3) is 0.938. The lowest BCUT2D eigenvalue weighted by atomic mass is 9.85. The third kappa shape index (κ3) is 4.97. The number of amides is 1. The number of hydrogen-bond donors (Lipinski definition) is 1. The van der Waals surface area contributed by atoms with Gasteiger partial charge in [0, 0.05) is 13.1 Å². The van der Waals surface area contributed by atoms with Crippen molar-refractivity contribution in [1.29, 1.82) is 0 Å².